The van der Waals surface area contributed by atoms with Crippen molar-refractivity contribution in [2.75, 3.05) is 13.7 Å². The summed E-state index contributed by atoms with van der Waals surface area (Å²) in [6.45, 7) is 6.28. The van der Waals surface area contributed by atoms with E-state index in [4.69, 9.17) is 9.47 Å². The molecule has 100 valence electrons. The van der Waals surface area contributed by atoms with Crippen molar-refractivity contribution in [3.8, 4) is 5.75 Å². The minimum absolute atomic E-state index is 0.0410. The number of benzene rings is 1. The van der Waals surface area contributed by atoms with Gasteiger partial charge in [-0.1, -0.05) is 0 Å². The van der Waals surface area contributed by atoms with Crippen LogP contribution in [0.4, 0.5) is 0 Å². The third-order valence-electron chi connectivity index (χ3n) is 3.58. The number of rotatable bonds is 4. The van der Waals surface area contributed by atoms with Gasteiger partial charge in [0.15, 0.2) is 0 Å². The van der Waals surface area contributed by atoms with Gasteiger partial charge in [0.05, 0.1) is 25.4 Å². The first-order valence-corrected chi connectivity index (χ1v) is 6.69. The highest BCUT2D eigenvalue weighted by molar-refractivity contribution is 5.26. The Balaban J connectivity index is 1.83. The molecule has 1 saturated heterocycles. The van der Waals surface area contributed by atoms with Crippen LogP contribution < -0.4 is 10.1 Å². The van der Waals surface area contributed by atoms with Crippen LogP contribution in [0.25, 0.3) is 0 Å². The first kappa shape index (κ1) is 13.4. The van der Waals surface area contributed by atoms with Crippen LogP contribution in [0.1, 0.15) is 32.3 Å². The van der Waals surface area contributed by atoms with E-state index in [0.717, 1.165) is 31.7 Å². The summed E-state index contributed by atoms with van der Waals surface area (Å²) < 4.78 is 10.9. The molecule has 0 amide bonds. The van der Waals surface area contributed by atoms with Crippen molar-refractivity contribution < 1.29 is 14.8 Å². The summed E-state index contributed by atoms with van der Waals surface area (Å²) >= 11 is 0. The third kappa shape index (κ3) is 3.72. The summed E-state index contributed by atoms with van der Waals surface area (Å²) in [4.78, 5) is 0. The van der Waals surface area contributed by atoms with E-state index in [1.807, 2.05) is 12.1 Å². The maximum Gasteiger partial charge on any atom is 0.118 e. The Hall–Kier alpha value is -1.06. The second-order valence-corrected chi connectivity index (χ2v) is 5.65. The summed E-state index contributed by atoms with van der Waals surface area (Å²) in [6, 6.07) is 9.00. The molecule has 2 N–H and O–H groups in total. The Morgan fingerprint density at radius 3 is 2.67 bits per heavy atom. The van der Waals surface area contributed by atoms with Gasteiger partial charge in [-0.25, -0.2) is 0 Å². The summed E-state index contributed by atoms with van der Waals surface area (Å²) in [5, 5.41) is 2.44. The molecule has 2 rings (SSSR count). The molecule has 1 aliphatic heterocycles. The molecule has 3 nitrogen and oxygen atoms in total. The van der Waals surface area contributed by atoms with Crippen LogP contribution in [0.5, 0.6) is 5.75 Å². The SMILES string of the molecule is COc1ccc(C[NH2+][C@@H]2CCOC(C)(C)C2)cc1. The molecule has 0 bridgehead atoms. The highest BCUT2D eigenvalue weighted by Crippen LogP contribution is 2.22. The fraction of sp³-hybridized carbons (Fsp3) is 0.600. The predicted molar refractivity (Wildman–Crippen MR) is 71.7 cm³/mol. The molecule has 0 aromatic heterocycles. The predicted octanol–water partition coefficient (Wildman–Crippen LogP) is 1.72. The maximum atomic E-state index is 5.74. The van der Waals surface area contributed by atoms with Gasteiger partial charge in [0.25, 0.3) is 0 Å². The van der Waals surface area contributed by atoms with Crippen LogP contribution in [-0.4, -0.2) is 25.4 Å². The summed E-state index contributed by atoms with van der Waals surface area (Å²) in [7, 11) is 1.70. The van der Waals surface area contributed by atoms with Gasteiger partial charge in [-0.2, -0.15) is 0 Å². The van der Waals surface area contributed by atoms with Crippen LogP contribution in [0, 0.1) is 0 Å². The first-order chi connectivity index (χ1) is 8.59. The van der Waals surface area contributed by atoms with E-state index < -0.39 is 0 Å². The topological polar surface area (TPSA) is 35.1 Å². The molecule has 0 spiro atoms. The molecule has 1 heterocycles. The number of hydrogen-bond acceptors (Lipinski definition) is 2. The zero-order valence-electron chi connectivity index (χ0n) is 11.6. The molecule has 0 saturated carbocycles. The second kappa shape index (κ2) is 5.72. The normalized spacial score (nSPS) is 22.7. The highest BCUT2D eigenvalue weighted by atomic mass is 16.5. The van der Waals surface area contributed by atoms with Crippen LogP contribution in [-0.2, 0) is 11.3 Å². The lowest BCUT2D eigenvalue weighted by Crippen LogP contribution is -2.89. The Morgan fingerprint density at radius 2 is 2.06 bits per heavy atom. The Kier molecular flexibility index (Phi) is 4.25. The van der Waals surface area contributed by atoms with Gasteiger partial charge in [-0.15, -0.1) is 0 Å². The monoisotopic (exact) mass is 250 g/mol. The van der Waals surface area contributed by atoms with Crippen molar-refractivity contribution in [1.82, 2.24) is 0 Å². The molecule has 1 aliphatic rings. The molecule has 1 fully saturated rings. The smallest absolute Gasteiger partial charge is 0.118 e. The van der Waals surface area contributed by atoms with Crippen LogP contribution in [0.2, 0.25) is 0 Å². The van der Waals surface area contributed by atoms with Crippen LogP contribution in [0.3, 0.4) is 0 Å². The molecule has 1 aromatic rings. The minimum atomic E-state index is 0.0410. The van der Waals surface area contributed by atoms with Gasteiger partial charge in [-0.3, -0.25) is 0 Å². The summed E-state index contributed by atoms with van der Waals surface area (Å²) in [5.74, 6) is 0.922. The number of hydrogen-bond donors (Lipinski definition) is 1. The molecule has 0 aliphatic carbocycles. The lowest BCUT2D eigenvalue weighted by molar-refractivity contribution is -0.709. The van der Waals surface area contributed by atoms with Crippen molar-refractivity contribution in [1.29, 1.82) is 0 Å². The number of nitrogens with two attached hydrogens (primary N) is 1. The van der Waals surface area contributed by atoms with Gasteiger partial charge in [-0.05, 0) is 38.1 Å². The van der Waals surface area contributed by atoms with Gasteiger partial charge in [0.2, 0.25) is 0 Å². The quantitative estimate of drug-likeness (QED) is 0.883. The molecular weight excluding hydrogens is 226 g/mol. The van der Waals surface area contributed by atoms with Crippen molar-refractivity contribution in [2.45, 2.75) is 44.9 Å². The van der Waals surface area contributed by atoms with E-state index in [-0.39, 0.29) is 5.60 Å². The van der Waals surface area contributed by atoms with Gasteiger partial charge in [0.1, 0.15) is 12.3 Å². The number of ether oxygens (including phenoxy) is 2. The van der Waals surface area contributed by atoms with Crippen molar-refractivity contribution in [3.05, 3.63) is 29.8 Å². The van der Waals surface area contributed by atoms with E-state index in [0.29, 0.717) is 6.04 Å². The Labute approximate surface area is 109 Å². The zero-order valence-corrected chi connectivity index (χ0v) is 11.6. The fourth-order valence-corrected chi connectivity index (χ4v) is 2.54. The molecule has 0 radical (unpaired) electrons. The van der Waals surface area contributed by atoms with Crippen LogP contribution >= 0.6 is 0 Å². The molecule has 1 atom stereocenters. The second-order valence-electron chi connectivity index (χ2n) is 5.65. The standard InChI is InChI=1S/C15H23NO2/c1-15(2)10-13(8-9-18-15)16-11-12-4-6-14(17-3)7-5-12/h4-7,13,16H,8-11H2,1-3H3/p+1/t13-/m1/s1. The highest BCUT2D eigenvalue weighted by Gasteiger charge is 2.30. The average molecular weight is 250 g/mol. The Bertz CT molecular complexity index is 373. The van der Waals surface area contributed by atoms with Gasteiger partial charge in [0, 0.05) is 18.4 Å². The number of quaternary nitrogens is 1. The van der Waals surface area contributed by atoms with Crippen molar-refractivity contribution in [2.24, 2.45) is 0 Å². The molecule has 18 heavy (non-hydrogen) atoms. The van der Waals surface area contributed by atoms with Crippen LogP contribution in [0.15, 0.2) is 24.3 Å². The third-order valence-corrected chi connectivity index (χ3v) is 3.58. The largest absolute Gasteiger partial charge is 0.497 e. The molecule has 0 unspecified atom stereocenters. The van der Waals surface area contributed by atoms with Gasteiger partial charge < -0.3 is 14.8 Å². The molecular formula is C15H24NO2+. The fourth-order valence-electron chi connectivity index (χ4n) is 2.54. The molecule has 1 aromatic carbocycles. The van der Waals surface area contributed by atoms with E-state index in [2.05, 4.69) is 31.3 Å². The minimum Gasteiger partial charge on any atom is -0.497 e. The van der Waals surface area contributed by atoms with E-state index in [1.165, 1.54) is 5.56 Å². The number of methoxy groups -OCH3 is 1. The van der Waals surface area contributed by atoms with Crippen molar-refractivity contribution in [3.63, 3.8) is 0 Å². The zero-order chi connectivity index (χ0) is 13.0. The maximum absolute atomic E-state index is 5.74. The van der Waals surface area contributed by atoms with Gasteiger partial charge >= 0.3 is 0 Å². The molecule has 3 heteroatoms. The summed E-state index contributed by atoms with van der Waals surface area (Å²) in [6.07, 6.45) is 2.28. The average Bonchev–Trinajstić information content (AvgIpc) is 2.36. The Morgan fingerprint density at radius 1 is 1.33 bits per heavy atom. The summed E-state index contributed by atoms with van der Waals surface area (Å²) in [5.41, 5.74) is 1.39. The van der Waals surface area contributed by atoms with Crippen molar-refractivity contribution >= 4 is 0 Å². The van der Waals surface area contributed by atoms with E-state index in [1.54, 1.807) is 7.11 Å². The van der Waals surface area contributed by atoms with E-state index in [9.17, 15) is 0 Å². The van der Waals surface area contributed by atoms with E-state index >= 15 is 0 Å². The first-order valence-electron chi connectivity index (χ1n) is 6.69. The lowest BCUT2D eigenvalue weighted by Gasteiger charge is -2.34. The lowest BCUT2D eigenvalue weighted by atomic mass is 9.94.